The van der Waals surface area contributed by atoms with Crippen molar-refractivity contribution in [3.8, 4) is 5.75 Å². The fourth-order valence-corrected chi connectivity index (χ4v) is 2.13. The van der Waals surface area contributed by atoms with Gasteiger partial charge in [-0.25, -0.2) is 0 Å². The Morgan fingerprint density at radius 2 is 1.62 bits per heavy atom. The minimum Gasteiger partial charge on any atom is -0.489 e. The molecule has 0 saturated heterocycles. The van der Waals surface area contributed by atoms with E-state index in [2.05, 4.69) is 10.6 Å². The van der Waals surface area contributed by atoms with E-state index >= 15 is 0 Å². The van der Waals surface area contributed by atoms with Crippen LogP contribution in [0.3, 0.4) is 0 Å². The van der Waals surface area contributed by atoms with Gasteiger partial charge in [0.2, 0.25) is 11.8 Å². The van der Waals surface area contributed by atoms with Crippen molar-refractivity contribution in [3.63, 3.8) is 0 Å². The standard InChI is InChI=1S/C18H19ClN2O3/c1-12(2)24-16-6-4-3-5-15(16)21-18(23)11-17(22)20-14-9-7-13(19)8-10-14/h3-10,12H,11H2,1-2H3,(H,20,22)(H,21,23). The molecule has 0 radical (unpaired) electrons. The van der Waals surface area contributed by atoms with Crippen LogP contribution in [0.25, 0.3) is 0 Å². The molecule has 2 rings (SSSR count). The van der Waals surface area contributed by atoms with Crippen LogP contribution in [0.15, 0.2) is 48.5 Å². The molecule has 24 heavy (non-hydrogen) atoms. The number of carbonyl (C=O) groups excluding carboxylic acids is 2. The fourth-order valence-electron chi connectivity index (χ4n) is 2.01. The van der Waals surface area contributed by atoms with Gasteiger partial charge in [-0.3, -0.25) is 9.59 Å². The summed E-state index contributed by atoms with van der Waals surface area (Å²) in [5.74, 6) is -0.252. The molecule has 2 N–H and O–H groups in total. The second-order valence-corrected chi connectivity index (χ2v) is 5.88. The van der Waals surface area contributed by atoms with E-state index in [9.17, 15) is 9.59 Å². The molecule has 126 valence electrons. The molecule has 0 aliphatic carbocycles. The lowest BCUT2D eigenvalue weighted by atomic mass is 10.2. The van der Waals surface area contributed by atoms with Gasteiger partial charge in [-0.15, -0.1) is 0 Å². The first kappa shape index (κ1) is 17.8. The number of rotatable bonds is 6. The van der Waals surface area contributed by atoms with E-state index in [0.29, 0.717) is 22.1 Å². The molecular weight excluding hydrogens is 328 g/mol. The molecule has 0 fully saturated rings. The average molecular weight is 347 g/mol. The first-order valence-corrected chi connectivity index (χ1v) is 7.93. The van der Waals surface area contributed by atoms with Crippen molar-refractivity contribution in [2.24, 2.45) is 0 Å². The molecule has 0 saturated carbocycles. The highest BCUT2D eigenvalue weighted by atomic mass is 35.5. The van der Waals surface area contributed by atoms with Gasteiger partial charge in [-0.05, 0) is 50.2 Å². The first-order valence-electron chi connectivity index (χ1n) is 7.55. The van der Waals surface area contributed by atoms with Crippen molar-refractivity contribution < 1.29 is 14.3 Å². The lowest BCUT2D eigenvalue weighted by Crippen LogP contribution is -2.22. The van der Waals surface area contributed by atoms with E-state index in [1.54, 1.807) is 42.5 Å². The molecular formula is C18H19ClN2O3. The minimum atomic E-state index is -0.415. The Labute approximate surface area is 146 Å². The van der Waals surface area contributed by atoms with Gasteiger partial charge in [-0.2, -0.15) is 0 Å². The van der Waals surface area contributed by atoms with Crippen LogP contribution in [-0.4, -0.2) is 17.9 Å². The van der Waals surface area contributed by atoms with Crippen molar-refractivity contribution >= 4 is 34.8 Å². The predicted octanol–water partition coefficient (Wildman–Crippen LogP) is 4.09. The maximum absolute atomic E-state index is 12.1. The maximum Gasteiger partial charge on any atom is 0.233 e. The topological polar surface area (TPSA) is 67.4 Å². The number of benzene rings is 2. The van der Waals surface area contributed by atoms with Gasteiger partial charge in [0.05, 0.1) is 11.8 Å². The third-order valence-electron chi connectivity index (χ3n) is 2.97. The van der Waals surface area contributed by atoms with Gasteiger partial charge in [0.1, 0.15) is 12.2 Å². The molecule has 2 amide bonds. The molecule has 5 nitrogen and oxygen atoms in total. The third-order valence-corrected chi connectivity index (χ3v) is 3.22. The van der Waals surface area contributed by atoms with E-state index < -0.39 is 11.8 Å². The second kappa shape index (κ2) is 8.36. The van der Waals surface area contributed by atoms with Crippen LogP contribution in [0.2, 0.25) is 5.02 Å². The van der Waals surface area contributed by atoms with E-state index in [4.69, 9.17) is 16.3 Å². The van der Waals surface area contributed by atoms with Gasteiger partial charge in [-0.1, -0.05) is 23.7 Å². The Hall–Kier alpha value is -2.53. The number of hydrogen-bond acceptors (Lipinski definition) is 3. The Balaban J connectivity index is 1.93. The Morgan fingerprint density at radius 1 is 1.00 bits per heavy atom. The van der Waals surface area contributed by atoms with Crippen molar-refractivity contribution in [1.29, 1.82) is 0 Å². The molecule has 0 bridgehead atoms. The smallest absolute Gasteiger partial charge is 0.233 e. The zero-order chi connectivity index (χ0) is 17.5. The predicted molar refractivity (Wildman–Crippen MR) is 95.5 cm³/mol. The number of hydrogen-bond donors (Lipinski definition) is 2. The summed E-state index contributed by atoms with van der Waals surface area (Å²) < 4.78 is 5.63. The van der Waals surface area contributed by atoms with Crippen LogP contribution in [-0.2, 0) is 9.59 Å². The molecule has 2 aromatic carbocycles. The number of anilines is 2. The van der Waals surface area contributed by atoms with Gasteiger partial charge >= 0.3 is 0 Å². The van der Waals surface area contributed by atoms with Crippen LogP contribution in [0.5, 0.6) is 5.75 Å². The normalized spacial score (nSPS) is 10.3. The zero-order valence-electron chi connectivity index (χ0n) is 13.5. The number of carbonyl (C=O) groups is 2. The number of nitrogens with one attached hydrogen (secondary N) is 2. The third kappa shape index (κ3) is 5.59. The van der Waals surface area contributed by atoms with Crippen molar-refractivity contribution in [2.75, 3.05) is 10.6 Å². The van der Waals surface area contributed by atoms with Crippen LogP contribution < -0.4 is 15.4 Å². The summed E-state index contributed by atoms with van der Waals surface area (Å²) in [5, 5.41) is 5.92. The number of amides is 2. The fraction of sp³-hybridized carbons (Fsp3) is 0.222. The summed E-state index contributed by atoms with van der Waals surface area (Å²) in [4.78, 5) is 24.0. The summed E-state index contributed by atoms with van der Waals surface area (Å²) in [6.07, 6.45) is -0.310. The van der Waals surface area contributed by atoms with Crippen molar-refractivity contribution in [3.05, 3.63) is 53.6 Å². The average Bonchev–Trinajstić information content (AvgIpc) is 2.51. The van der Waals surface area contributed by atoms with Crippen molar-refractivity contribution in [1.82, 2.24) is 0 Å². The van der Waals surface area contributed by atoms with Gasteiger partial charge in [0.15, 0.2) is 0 Å². The van der Waals surface area contributed by atoms with Crippen LogP contribution in [0.1, 0.15) is 20.3 Å². The molecule has 0 atom stereocenters. The quantitative estimate of drug-likeness (QED) is 0.774. The van der Waals surface area contributed by atoms with Gasteiger partial charge < -0.3 is 15.4 Å². The SMILES string of the molecule is CC(C)Oc1ccccc1NC(=O)CC(=O)Nc1ccc(Cl)cc1. The van der Waals surface area contributed by atoms with Crippen LogP contribution in [0, 0.1) is 0 Å². The maximum atomic E-state index is 12.1. The monoisotopic (exact) mass is 346 g/mol. The zero-order valence-corrected chi connectivity index (χ0v) is 14.3. The largest absolute Gasteiger partial charge is 0.489 e. The summed E-state index contributed by atoms with van der Waals surface area (Å²) in [6.45, 7) is 3.80. The highest BCUT2D eigenvalue weighted by Crippen LogP contribution is 2.25. The molecule has 0 unspecified atom stereocenters. The Kier molecular flexibility index (Phi) is 6.21. The molecule has 0 spiro atoms. The number of para-hydroxylation sites is 2. The molecule has 6 heteroatoms. The second-order valence-electron chi connectivity index (χ2n) is 5.44. The van der Waals surface area contributed by atoms with Crippen molar-refractivity contribution in [2.45, 2.75) is 26.4 Å². The van der Waals surface area contributed by atoms with E-state index in [-0.39, 0.29) is 12.5 Å². The van der Waals surface area contributed by atoms with Gasteiger partial charge in [0, 0.05) is 10.7 Å². The van der Waals surface area contributed by atoms with E-state index in [1.165, 1.54) is 0 Å². The Bertz CT molecular complexity index is 714. The first-order chi connectivity index (χ1) is 11.4. The lowest BCUT2D eigenvalue weighted by Gasteiger charge is -2.14. The highest BCUT2D eigenvalue weighted by Gasteiger charge is 2.13. The molecule has 2 aromatic rings. The minimum absolute atomic E-state index is 0.0174. The molecule has 0 aromatic heterocycles. The summed E-state index contributed by atoms with van der Waals surface area (Å²) >= 11 is 5.78. The van der Waals surface area contributed by atoms with Crippen LogP contribution >= 0.6 is 11.6 Å². The summed E-state index contributed by atoms with van der Waals surface area (Å²) in [5.41, 5.74) is 1.12. The van der Waals surface area contributed by atoms with E-state index in [1.807, 2.05) is 19.9 Å². The molecule has 0 aliphatic rings. The number of halogens is 1. The molecule has 0 aliphatic heterocycles. The summed E-state index contributed by atoms with van der Waals surface area (Å²) in [6, 6.07) is 13.8. The lowest BCUT2D eigenvalue weighted by molar-refractivity contribution is -0.123. The van der Waals surface area contributed by atoms with Crippen LogP contribution in [0.4, 0.5) is 11.4 Å². The van der Waals surface area contributed by atoms with Gasteiger partial charge in [0.25, 0.3) is 0 Å². The highest BCUT2D eigenvalue weighted by molar-refractivity contribution is 6.30. The van der Waals surface area contributed by atoms with E-state index in [0.717, 1.165) is 0 Å². The number of ether oxygens (including phenoxy) is 1. The summed E-state index contributed by atoms with van der Waals surface area (Å²) in [7, 11) is 0. The Morgan fingerprint density at radius 3 is 2.29 bits per heavy atom. The molecule has 0 heterocycles.